The van der Waals surface area contributed by atoms with Crippen LogP contribution < -0.4 is 5.32 Å². The van der Waals surface area contributed by atoms with Gasteiger partial charge >= 0.3 is 0 Å². The number of fused-ring (bicyclic) bond motifs is 1. The van der Waals surface area contributed by atoms with Gasteiger partial charge in [0.25, 0.3) is 0 Å². The number of carbonyl (C=O) groups excluding carboxylic acids is 1. The second-order valence-corrected chi connectivity index (χ2v) is 10.4. The minimum Gasteiger partial charge on any atom is -0.326 e. The number of anilines is 1. The van der Waals surface area contributed by atoms with Crippen molar-refractivity contribution in [3.63, 3.8) is 0 Å². The molecule has 1 fully saturated rings. The maximum absolute atomic E-state index is 12.3. The summed E-state index contributed by atoms with van der Waals surface area (Å²) in [5.74, 6) is 2.53. The first kappa shape index (κ1) is 18.8. The van der Waals surface area contributed by atoms with E-state index in [0.29, 0.717) is 11.0 Å². The second kappa shape index (κ2) is 9.13. The number of nitrogens with one attached hydrogen (secondary N) is 1. The summed E-state index contributed by atoms with van der Waals surface area (Å²) in [6.07, 6.45) is 3.48. The molecule has 1 N–H and O–H groups in total. The first-order valence-corrected chi connectivity index (χ1v) is 12.2. The predicted octanol–water partition coefficient (Wildman–Crippen LogP) is 6.13. The summed E-state index contributed by atoms with van der Waals surface area (Å²) < 4.78 is 1.71. The molecule has 6 heteroatoms. The lowest BCUT2D eigenvalue weighted by atomic mass is 10.2. The minimum atomic E-state index is 0.0808. The highest BCUT2D eigenvalue weighted by Crippen LogP contribution is 2.44. The van der Waals surface area contributed by atoms with Crippen molar-refractivity contribution in [2.75, 3.05) is 16.8 Å². The van der Waals surface area contributed by atoms with Gasteiger partial charge in [0.1, 0.15) is 0 Å². The van der Waals surface area contributed by atoms with Crippen molar-refractivity contribution >= 4 is 56.7 Å². The molecule has 140 valence electrons. The lowest BCUT2D eigenvalue weighted by molar-refractivity contribution is -0.116. The van der Waals surface area contributed by atoms with Gasteiger partial charge in [-0.05, 0) is 60.6 Å². The molecule has 2 heterocycles. The molecule has 2 aromatic carbocycles. The van der Waals surface area contributed by atoms with Crippen LogP contribution in [0.1, 0.15) is 34.4 Å². The third-order valence-corrected chi connectivity index (χ3v) is 8.51. The Hall–Kier alpha value is -1.50. The molecule has 0 spiro atoms. The van der Waals surface area contributed by atoms with E-state index in [1.54, 1.807) is 11.3 Å². The van der Waals surface area contributed by atoms with Crippen molar-refractivity contribution in [2.45, 2.75) is 30.3 Å². The molecule has 0 aliphatic carbocycles. The summed E-state index contributed by atoms with van der Waals surface area (Å²) in [7, 11) is 0. The van der Waals surface area contributed by atoms with Crippen LogP contribution in [0.25, 0.3) is 10.2 Å². The van der Waals surface area contributed by atoms with Gasteiger partial charge in [0.15, 0.2) is 0 Å². The molecule has 4 rings (SSSR count). The number of para-hydroxylation sites is 1. The summed E-state index contributed by atoms with van der Waals surface area (Å²) in [4.78, 5) is 17.0. The molecule has 3 nitrogen and oxygen atoms in total. The van der Waals surface area contributed by atoms with Gasteiger partial charge in [-0.1, -0.05) is 24.3 Å². The molecule has 0 unspecified atom stereocenters. The fourth-order valence-electron chi connectivity index (χ4n) is 3.09. The van der Waals surface area contributed by atoms with Gasteiger partial charge in [0.2, 0.25) is 5.91 Å². The van der Waals surface area contributed by atoms with Crippen molar-refractivity contribution in [3.8, 4) is 0 Å². The Labute approximate surface area is 172 Å². The van der Waals surface area contributed by atoms with Gasteiger partial charge < -0.3 is 5.32 Å². The van der Waals surface area contributed by atoms with Crippen LogP contribution in [0.2, 0.25) is 0 Å². The monoisotopic (exact) mass is 414 g/mol. The summed E-state index contributed by atoms with van der Waals surface area (Å²) in [5.41, 5.74) is 3.26. The van der Waals surface area contributed by atoms with Crippen LogP contribution in [-0.4, -0.2) is 22.4 Å². The predicted molar refractivity (Wildman–Crippen MR) is 120 cm³/mol. The third-order valence-electron chi connectivity index (χ3n) is 4.40. The molecule has 3 aromatic rings. The van der Waals surface area contributed by atoms with Gasteiger partial charge in [-0.15, -0.1) is 34.9 Å². The number of rotatable bonds is 6. The molecule has 1 amide bonds. The van der Waals surface area contributed by atoms with Gasteiger partial charge in [-0.2, -0.15) is 0 Å². The Bertz CT molecular complexity index is 885. The van der Waals surface area contributed by atoms with E-state index in [2.05, 4.69) is 28.5 Å². The molecule has 1 aliphatic rings. The molecule has 0 atom stereocenters. The lowest BCUT2D eigenvalue weighted by Crippen LogP contribution is -2.12. The fourth-order valence-corrected chi connectivity index (χ4v) is 6.98. The maximum Gasteiger partial charge on any atom is 0.224 e. The molecule has 1 aliphatic heterocycles. The minimum absolute atomic E-state index is 0.0808. The quantitative estimate of drug-likeness (QED) is 0.527. The zero-order valence-electron chi connectivity index (χ0n) is 15.0. The molecule has 1 saturated heterocycles. The van der Waals surface area contributed by atoms with E-state index < -0.39 is 0 Å². The number of amides is 1. The number of thiazole rings is 1. The van der Waals surface area contributed by atoms with Crippen LogP contribution in [0.15, 0.2) is 48.5 Å². The van der Waals surface area contributed by atoms with Crippen molar-refractivity contribution in [1.29, 1.82) is 0 Å². The van der Waals surface area contributed by atoms with Gasteiger partial charge in [0, 0.05) is 12.1 Å². The van der Waals surface area contributed by atoms with Crippen molar-refractivity contribution in [2.24, 2.45) is 0 Å². The number of benzene rings is 2. The molecule has 0 bridgehead atoms. The van der Waals surface area contributed by atoms with Crippen LogP contribution in [-0.2, 0) is 11.2 Å². The Morgan fingerprint density at radius 1 is 1.11 bits per heavy atom. The number of hydrogen-bond acceptors (Lipinski definition) is 5. The highest BCUT2D eigenvalue weighted by atomic mass is 32.2. The Morgan fingerprint density at radius 2 is 1.96 bits per heavy atom. The number of aromatic nitrogens is 1. The average molecular weight is 415 g/mol. The van der Waals surface area contributed by atoms with Gasteiger partial charge in [0.05, 0.1) is 19.8 Å². The van der Waals surface area contributed by atoms with E-state index in [-0.39, 0.29) is 5.91 Å². The number of carbonyl (C=O) groups is 1. The Kier molecular flexibility index (Phi) is 6.37. The number of aryl methyl sites for hydroxylation is 1. The molecule has 1 aromatic heterocycles. The van der Waals surface area contributed by atoms with E-state index in [1.807, 2.05) is 53.9 Å². The van der Waals surface area contributed by atoms with Gasteiger partial charge in [-0.25, -0.2) is 4.98 Å². The summed E-state index contributed by atoms with van der Waals surface area (Å²) in [5, 5.41) is 4.17. The zero-order valence-corrected chi connectivity index (χ0v) is 17.5. The molecular formula is C21H22N2OS3. The standard InChI is InChI=1S/C21H22N2OS3/c24-19(10-4-11-20-23-17-8-1-2-9-18(17)27-20)22-16-7-3-6-15(14-16)21-25-12-5-13-26-21/h1-3,6-9,14,21H,4-5,10-13H2,(H,22,24). The summed E-state index contributed by atoms with van der Waals surface area (Å²) in [6, 6.07) is 16.5. The number of hydrogen-bond donors (Lipinski definition) is 1. The molecule has 0 saturated carbocycles. The zero-order chi connectivity index (χ0) is 18.5. The van der Waals surface area contributed by atoms with Crippen LogP contribution in [0, 0.1) is 0 Å². The second-order valence-electron chi connectivity index (χ2n) is 6.53. The number of nitrogens with zero attached hydrogens (tertiary/aromatic N) is 1. The topological polar surface area (TPSA) is 42.0 Å². The van der Waals surface area contributed by atoms with Crippen LogP contribution >= 0.6 is 34.9 Å². The normalized spacial score (nSPS) is 15.1. The van der Waals surface area contributed by atoms with Crippen LogP contribution in [0.4, 0.5) is 5.69 Å². The van der Waals surface area contributed by atoms with E-state index in [1.165, 1.54) is 28.2 Å². The SMILES string of the molecule is O=C(CCCc1nc2ccccc2s1)Nc1cccc(C2SCCCS2)c1. The average Bonchev–Trinajstić information content (AvgIpc) is 3.11. The highest BCUT2D eigenvalue weighted by Gasteiger charge is 2.17. The number of thioether (sulfide) groups is 2. The maximum atomic E-state index is 12.3. The van der Waals surface area contributed by atoms with Gasteiger partial charge in [-0.3, -0.25) is 4.79 Å². The summed E-state index contributed by atoms with van der Waals surface area (Å²) >= 11 is 5.73. The van der Waals surface area contributed by atoms with Crippen LogP contribution in [0.3, 0.4) is 0 Å². The first-order valence-electron chi connectivity index (χ1n) is 9.25. The van der Waals surface area contributed by atoms with Crippen molar-refractivity contribution < 1.29 is 4.79 Å². The van der Waals surface area contributed by atoms with E-state index >= 15 is 0 Å². The largest absolute Gasteiger partial charge is 0.326 e. The van der Waals surface area contributed by atoms with Crippen molar-refractivity contribution in [3.05, 3.63) is 59.1 Å². The third kappa shape index (κ3) is 5.06. The van der Waals surface area contributed by atoms with E-state index in [0.717, 1.165) is 29.1 Å². The Balaban J connectivity index is 1.28. The molecule has 0 radical (unpaired) electrons. The fraction of sp³-hybridized carbons (Fsp3) is 0.333. The summed E-state index contributed by atoms with van der Waals surface area (Å²) in [6.45, 7) is 0. The molecular weight excluding hydrogens is 392 g/mol. The van der Waals surface area contributed by atoms with E-state index in [9.17, 15) is 4.79 Å². The lowest BCUT2D eigenvalue weighted by Gasteiger charge is -2.21. The van der Waals surface area contributed by atoms with Crippen molar-refractivity contribution in [1.82, 2.24) is 4.98 Å². The molecule has 27 heavy (non-hydrogen) atoms. The first-order chi connectivity index (χ1) is 13.3. The van der Waals surface area contributed by atoms with Crippen LogP contribution in [0.5, 0.6) is 0 Å². The highest BCUT2D eigenvalue weighted by molar-refractivity contribution is 8.16. The smallest absolute Gasteiger partial charge is 0.224 e. The van der Waals surface area contributed by atoms with E-state index in [4.69, 9.17) is 0 Å². The Morgan fingerprint density at radius 3 is 2.81 bits per heavy atom.